The summed E-state index contributed by atoms with van der Waals surface area (Å²) in [6, 6.07) is 4.17. The Morgan fingerprint density at radius 1 is 1.56 bits per heavy atom. The summed E-state index contributed by atoms with van der Waals surface area (Å²) in [6.07, 6.45) is 1.51. The topological polar surface area (TPSA) is 72.2 Å². The fraction of sp³-hybridized carbons (Fsp3) is 0.200. The lowest BCUT2D eigenvalue weighted by molar-refractivity contribution is 0.576. The highest BCUT2D eigenvalue weighted by molar-refractivity contribution is 9.10. The summed E-state index contributed by atoms with van der Waals surface area (Å²) in [6.45, 7) is 5.21. The number of nitrogens with one attached hydrogen (secondary N) is 1. The van der Waals surface area contributed by atoms with E-state index < -0.39 is 10.0 Å². The fourth-order valence-corrected chi connectivity index (χ4v) is 2.55. The Kier molecular flexibility index (Phi) is 4.12. The maximum atomic E-state index is 11.8. The molecule has 0 bridgehead atoms. The Bertz CT molecular complexity index is 500. The van der Waals surface area contributed by atoms with Crippen LogP contribution >= 0.6 is 15.9 Å². The first-order valence-corrected chi connectivity index (χ1v) is 6.84. The van der Waals surface area contributed by atoms with Crippen LogP contribution in [0, 0.1) is 0 Å². The predicted molar refractivity (Wildman–Crippen MR) is 68.5 cm³/mol. The largest absolute Gasteiger partial charge is 0.398 e. The molecule has 0 saturated heterocycles. The molecular formula is C10H13BrN2O2S. The van der Waals surface area contributed by atoms with Crippen molar-refractivity contribution in [2.24, 2.45) is 0 Å². The van der Waals surface area contributed by atoms with Crippen LogP contribution in [0.1, 0.15) is 6.92 Å². The first-order valence-electron chi connectivity index (χ1n) is 4.56. The van der Waals surface area contributed by atoms with E-state index in [2.05, 4.69) is 27.2 Å². The number of hydrogen-bond acceptors (Lipinski definition) is 3. The molecule has 0 amide bonds. The molecule has 1 aromatic rings. The number of sulfonamides is 1. The number of rotatable bonds is 4. The minimum Gasteiger partial charge on any atom is -0.398 e. The van der Waals surface area contributed by atoms with Crippen LogP contribution in [0.5, 0.6) is 0 Å². The Morgan fingerprint density at radius 3 is 2.69 bits per heavy atom. The van der Waals surface area contributed by atoms with Crippen molar-refractivity contribution in [1.29, 1.82) is 0 Å². The van der Waals surface area contributed by atoms with E-state index in [1.165, 1.54) is 18.2 Å². The predicted octanol–water partition coefficient (Wildman–Crippen LogP) is 1.88. The molecule has 0 spiro atoms. The van der Waals surface area contributed by atoms with E-state index in [1.807, 2.05) is 0 Å². The van der Waals surface area contributed by atoms with E-state index in [0.717, 1.165) is 0 Å². The minimum atomic E-state index is -3.53. The van der Waals surface area contributed by atoms with Crippen LogP contribution in [-0.2, 0) is 10.0 Å². The molecule has 1 rings (SSSR count). The molecule has 0 saturated carbocycles. The van der Waals surface area contributed by atoms with Crippen LogP contribution in [0.25, 0.3) is 0 Å². The third-order valence-electron chi connectivity index (χ3n) is 1.97. The van der Waals surface area contributed by atoms with Crippen LogP contribution in [0.3, 0.4) is 0 Å². The highest BCUT2D eigenvalue weighted by atomic mass is 79.9. The van der Waals surface area contributed by atoms with Gasteiger partial charge in [-0.25, -0.2) is 13.1 Å². The molecule has 0 fully saturated rings. The Hall–Kier alpha value is -0.850. The van der Waals surface area contributed by atoms with Gasteiger partial charge in [0.05, 0.1) is 4.90 Å². The zero-order valence-electron chi connectivity index (χ0n) is 8.77. The van der Waals surface area contributed by atoms with Crippen molar-refractivity contribution in [1.82, 2.24) is 4.72 Å². The molecule has 0 radical (unpaired) electrons. The zero-order chi connectivity index (χ0) is 12.3. The first kappa shape index (κ1) is 13.2. The third kappa shape index (κ3) is 3.07. The average molecular weight is 305 g/mol. The molecule has 6 heteroatoms. The summed E-state index contributed by atoms with van der Waals surface area (Å²) >= 11 is 3.20. The minimum absolute atomic E-state index is 0.141. The van der Waals surface area contributed by atoms with E-state index in [4.69, 9.17) is 5.73 Å². The lowest BCUT2D eigenvalue weighted by Crippen LogP contribution is -2.31. The lowest BCUT2D eigenvalue weighted by Gasteiger charge is -2.11. The molecule has 1 aromatic carbocycles. The molecule has 1 atom stereocenters. The molecule has 16 heavy (non-hydrogen) atoms. The van der Waals surface area contributed by atoms with Crippen molar-refractivity contribution in [3.63, 3.8) is 0 Å². The first-order chi connectivity index (χ1) is 7.36. The zero-order valence-corrected chi connectivity index (χ0v) is 11.2. The van der Waals surface area contributed by atoms with Gasteiger partial charge >= 0.3 is 0 Å². The van der Waals surface area contributed by atoms with Gasteiger partial charge in [-0.15, -0.1) is 6.58 Å². The molecule has 0 aromatic heterocycles. The molecule has 1 unspecified atom stereocenters. The lowest BCUT2D eigenvalue weighted by atomic mass is 10.3. The SMILES string of the molecule is C=CC(C)NS(=O)(=O)c1ccc(Br)c(N)c1. The number of halogens is 1. The smallest absolute Gasteiger partial charge is 0.241 e. The normalized spacial score (nSPS) is 13.4. The van der Waals surface area contributed by atoms with Gasteiger partial charge in [0.1, 0.15) is 0 Å². The van der Waals surface area contributed by atoms with Crippen LogP contribution < -0.4 is 10.5 Å². The Labute approximate surface area is 104 Å². The molecule has 3 N–H and O–H groups in total. The van der Waals surface area contributed by atoms with E-state index in [1.54, 1.807) is 13.0 Å². The van der Waals surface area contributed by atoms with Crippen molar-refractivity contribution < 1.29 is 8.42 Å². The van der Waals surface area contributed by atoms with Crippen molar-refractivity contribution in [3.05, 3.63) is 35.3 Å². The van der Waals surface area contributed by atoms with Crippen molar-refractivity contribution in [3.8, 4) is 0 Å². The maximum Gasteiger partial charge on any atom is 0.241 e. The van der Waals surface area contributed by atoms with Crippen molar-refractivity contribution in [2.45, 2.75) is 17.9 Å². The highest BCUT2D eigenvalue weighted by Gasteiger charge is 2.16. The fourth-order valence-electron chi connectivity index (χ4n) is 1.05. The van der Waals surface area contributed by atoms with E-state index in [9.17, 15) is 8.42 Å². The quantitative estimate of drug-likeness (QED) is 0.659. The van der Waals surface area contributed by atoms with Gasteiger partial charge in [-0.3, -0.25) is 0 Å². The van der Waals surface area contributed by atoms with Crippen LogP contribution in [0.4, 0.5) is 5.69 Å². The van der Waals surface area contributed by atoms with Gasteiger partial charge in [0.25, 0.3) is 0 Å². The maximum absolute atomic E-state index is 11.8. The van der Waals surface area contributed by atoms with Crippen molar-refractivity contribution in [2.75, 3.05) is 5.73 Å². The standard InChI is InChI=1S/C10H13BrN2O2S/c1-3-7(2)13-16(14,15)8-4-5-9(11)10(12)6-8/h3-7,13H,1,12H2,2H3. The van der Waals surface area contributed by atoms with E-state index in [-0.39, 0.29) is 10.9 Å². The summed E-state index contributed by atoms with van der Waals surface area (Å²) in [5.74, 6) is 0. The molecule has 0 aliphatic carbocycles. The van der Waals surface area contributed by atoms with Gasteiger partial charge in [-0.2, -0.15) is 0 Å². The monoisotopic (exact) mass is 304 g/mol. The number of nitrogens with two attached hydrogens (primary N) is 1. The van der Waals surface area contributed by atoms with Gasteiger partial charge in [0, 0.05) is 16.2 Å². The molecule has 0 aliphatic heterocycles. The molecule has 88 valence electrons. The van der Waals surface area contributed by atoms with Crippen molar-refractivity contribution >= 4 is 31.6 Å². The van der Waals surface area contributed by atoms with Crippen LogP contribution in [0.2, 0.25) is 0 Å². The average Bonchev–Trinajstić information content (AvgIpc) is 2.21. The van der Waals surface area contributed by atoms with E-state index in [0.29, 0.717) is 10.2 Å². The summed E-state index contributed by atoms with van der Waals surface area (Å²) < 4.78 is 26.8. The van der Waals surface area contributed by atoms with Gasteiger partial charge in [0.2, 0.25) is 10.0 Å². The second-order valence-electron chi connectivity index (χ2n) is 3.33. The summed E-state index contributed by atoms with van der Waals surface area (Å²) in [5.41, 5.74) is 6.00. The Morgan fingerprint density at radius 2 is 2.19 bits per heavy atom. The van der Waals surface area contributed by atoms with E-state index >= 15 is 0 Å². The summed E-state index contributed by atoms with van der Waals surface area (Å²) in [7, 11) is -3.53. The summed E-state index contributed by atoms with van der Waals surface area (Å²) in [4.78, 5) is 0.141. The number of hydrogen-bond donors (Lipinski definition) is 2. The molecule has 0 aliphatic rings. The van der Waals surface area contributed by atoms with Gasteiger partial charge in [-0.05, 0) is 41.1 Å². The highest BCUT2D eigenvalue weighted by Crippen LogP contribution is 2.22. The number of nitrogen functional groups attached to an aromatic ring is 1. The molecule has 4 nitrogen and oxygen atoms in total. The number of anilines is 1. The summed E-state index contributed by atoms with van der Waals surface area (Å²) in [5, 5.41) is 0. The van der Waals surface area contributed by atoms with Gasteiger partial charge in [0.15, 0.2) is 0 Å². The second kappa shape index (κ2) is 4.99. The third-order valence-corrected chi connectivity index (χ3v) is 4.25. The van der Waals surface area contributed by atoms with Gasteiger partial charge < -0.3 is 5.73 Å². The molecular weight excluding hydrogens is 292 g/mol. The number of benzene rings is 1. The van der Waals surface area contributed by atoms with Crippen LogP contribution in [0.15, 0.2) is 40.2 Å². The molecule has 0 heterocycles. The van der Waals surface area contributed by atoms with Gasteiger partial charge in [-0.1, -0.05) is 6.08 Å². The van der Waals surface area contributed by atoms with Crippen LogP contribution in [-0.4, -0.2) is 14.5 Å². The Balaban J connectivity index is 3.08. The second-order valence-corrected chi connectivity index (χ2v) is 5.90.